The zero-order valence-corrected chi connectivity index (χ0v) is 6.38. The lowest BCUT2D eigenvalue weighted by Crippen LogP contribution is -2.28. The molecule has 0 bridgehead atoms. The zero-order valence-electron chi connectivity index (χ0n) is 6.38. The van der Waals surface area contributed by atoms with Crippen LogP contribution in [-0.2, 0) is 4.79 Å². The molecular formula is C9H11O2-. The summed E-state index contributed by atoms with van der Waals surface area (Å²) in [6.07, 6.45) is 6.72. The lowest BCUT2D eigenvalue weighted by Gasteiger charge is -2.20. The summed E-state index contributed by atoms with van der Waals surface area (Å²) in [5.74, 6) is -1.00. The van der Waals surface area contributed by atoms with Gasteiger partial charge in [0.25, 0.3) is 0 Å². The highest BCUT2D eigenvalue weighted by Crippen LogP contribution is 2.23. The van der Waals surface area contributed by atoms with Gasteiger partial charge >= 0.3 is 0 Å². The fraction of sp³-hybridized carbons (Fsp3) is 0.444. The van der Waals surface area contributed by atoms with Gasteiger partial charge in [-0.2, -0.15) is 0 Å². The molecule has 1 unspecified atom stereocenters. The molecule has 0 aliphatic heterocycles. The maximum atomic E-state index is 10.4. The number of carbonyl (C=O) groups is 1. The second kappa shape index (κ2) is 3.37. The third kappa shape index (κ3) is 1.93. The average molecular weight is 151 g/mol. The van der Waals surface area contributed by atoms with Gasteiger partial charge in [0.1, 0.15) is 0 Å². The molecule has 60 valence electrons. The van der Waals surface area contributed by atoms with Crippen LogP contribution in [0.3, 0.4) is 0 Å². The number of hydrogen-bond donors (Lipinski definition) is 0. The van der Waals surface area contributed by atoms with E-state index >= 15 is 0 Å². The van der Waals surface area contributed by atoms with Gasteiger partial charge in [0, 0.05) is 0 Å². The Labute approximate surface area is 66.2 Å². The zero-order chi connectivity index (χ0) is 8.27. The Morgan fingerprint density at radius 1 is 1.55 bits per heavy atom. The Morgan fingerprint density at radius 3 is 2.73 bits per heavy atom. The molecule has 0 fully saturated rings. The lowest BCUT2D eigenvalue weighted by atomic mass is 9.88. The summed E-state index contributed by atoms with van der Waals surface area (Å²) >= 11 is 0. The highest BCUT2D eigenvalue weighted by atomic mass is 16.4. The van der Waals surface area contributed by atoms with Crippen LogP contribution < -0.4 is 5.11 Å². The standard InChI is InChI=1S/C9H12O2/c1-7(9(10)11)8-5-3-2-4-6-8/h2-3,8H,1,4-6H2,(H,10,11)/p-1. The quantitative estimate of drug-likeness (QED) is 0.429. The van der Waals surface area contributed by atoms with Crippen LogP contribution in [0.2, 0.25) is 0 Å². The normalized spacial score (nSPS) is 23.1. The highest BCUT2D eigenvalue weighted by Gasteiger charge is 2.13. The van der Waals surface area contributed by atoms with E-state index in [9.17, 15) is 9.90 Å². The number of carbonyl (C=O) groups excluding carboxylic acids is 1. The van der Waals surface area contributed by atoms with Crippen molar-refractivity contribution in [3.8, 4) is 0 Å². The summed E-state index contributed by atoms with van der Waals surface area (Å²) in [5, 5.41) is 10.4. The molecule has 0 N–H and O–H groups in total. The summed E-state index contributed by atoms with van der Waals surface area (Å²) in [7, 11) is 0. The molecule has 0 radical (unpaired) electrons. The molecule has 0 aromatic rings. The van der Waals surface area contributed by atoms with Crippen LogP contribution in [0.25, 0.3) is 0 Å². The first kappa shape index (κ1) is 8.05. The molecule has 0 aromatic carbocycles. The van der Waals surface area contributed by atoms with Crippen molar-refractivity contribution in [1.82, 2.24) is 0 Å². The molecule has 0 saturated heterocycles. The molecule has 0 saturated carbocycles. The fourth-order valence-corrected chi connectivity index (χ4v) is 1.28. The Morgan fingerprint density at radius 2 is 2.27 bits per heavy atom. The number of carboxylic acid groups (broad SMARTS) is 1. The van der Waals surface area contributed by atoms with Gasteiger partial charge < -0.3 is 9.90 Å². The Balaban J connectivity index is 2.54. The molecule has 1 aliphatic carbocycles. The summed E-state index contributed by atoms with van der Waals surface area (Å²) < 4.78 is 0. The van der Waals surface area contributed by atoms with Gasteiger partial charge in [-0.3, -0.25) is 0 Å². The van der Waals surface area contributed by atoms with Gasteiger partial charge in [-0.15, -0.1) is 0 Å². The van der Waals surface area contributed by atoms with Gasteiger partial charge in [0.15, 0.2) is 0 Å². The van der Waals surface area contributed by atoms with Crippen molar-refractivity contribution < 1.29 is 9.90 Å². The molecule has 0 spiro atoms. The van der Waals surface area contributed by atoms with Crippen molar-refractivity contribution in [1.29, 1.82) is 0 Å². The van der Waals surface area contributed by atoms with E-state index in [0.29, 0.717) is 0 Å². The Kier molecular flexibility index (Phi) is 2.47. The molecule has 0 aromatic heterocycles. The third-order valence-corrected chi connectivity index (χ3v) is 2.02. The van der Waals surface area contributed by atoms with E-state index in [4.69, 9.17) is 0 Å². The minimum atomic E-state index is -1.11. The van der Waals surface area contributed by atoms with E-state index in [1.54, 1.807) is 0 Å². The predicted molar refractivity (Wildman–Crippen MR) is 40.6 cm³/mol. The van der Waals surface area contributed by atoms with E-state index in [2.05, 4.69) is 12.7 Å². The second-order valence-corrected chi connectivity index (χ2v) is 2.79. The predicted octanol–water partition coefficient (Wildman–Crippen LogP) is 0.649. The first-order chi connectivity index (χ1) is 5.22. The van der Waals surface area contributed by atoms with Crippen LogP contribution in [0.1, 0.15) is 19.3 Å². The molecule has 1 atom stereocenters. The summed E-state index contributed by atoms with van der Waals surface area (Å²) in [6.45, 7) is 3.48. The number of carboxylic acids is 1. The fourth-order valence-electron chi connectivity index (χ4n) is 1.28. The minimum absolute atomic E-state index is 0.102. The molecule has 0 heterocycles. The van der Waals surface area contributed by atoms with Crippen LogP contribution >= 0.6 is 0 Å². The minimum Gasteiger partial charge on any atom is -0.545 e. The van der Waals surface area contributed by atoms with Crippen LogP contribution in [0, 0.1) is 5.92 Å². The Bertz CT molecular complexity index is 204. The van der Waals surface area contributed by atoms with E-state index in [1.165, 1.54) is 0 Å². The van der Waals surface area contributed by atoms with Gasteiger partial charge in [-0.1, -0.05) is 18.7 Å². The largest absolute Gasteiger partial charge is 0.545 e. The van der Waals surface area contributed by atoms with Crippen molar-refractivity contribution in [2.24, 2.45) is 5.92 Å². The topological polar surface area (TPSA) is 40.1 Å². The lowest BCUT2D eigenvalue weighted by molar-refractivity contribution is -0.300. The molecule has 1 aliphatic rings. The van der Waals surface area contributed by atoms with Crippen molar-refractivity contribution in [3.05, 3.63) is 24.3 Å². The molecule has 11 heavy (non-hydrogen) atoms. The SMILES string of the molecule is C=C(C(=O)[O-])C1CC=CCC1. The van der Waals surface area contributed by atoms with Crippen molar-refractivity contribution >= 4 is 5.97 Å². The van der Waals surface area contributed by atoms with Crippen molar-refractivity contribution in [2.75, 3.05) is 0 Å². The smallest absolute Gasteiger partial charge is 0.0671 e. The van der Waals surface area contributed by atoms with Crippen LogP contribution in [-0.4, -0.2) is 5.97 Å². The van der Waals surface area contributed by atoms with Crippen molar-refractivity contribution in [2.45, 2.75) is 19.3 Å². The first-order valence-electron chi connectivity index (χ1n) is 3.77. The van der Waals surface area contributed by atoms with E-state index < -0.39 is 5.97 Å². The molecular weight excluding hydrogens is 140 g/mol. The van der Waals surface area contributed by atoms with Crippen LogP contribution in [0.15, 0.2) is 24.3 Å². The van der Waals surface area contributed by atoms with Gasteiger partial charge in [0.05, 0.1) is 5.97 Å². The number of hydrogen-bond acceptors (Lipinski definition) is 2. The first-order valence-corrected chi connectivity index (χ1v) is 3.77. The molecule has 2 heteroatoms. The molecule has 1 rings (SSSR count). The number of allylic oxidation sites excluding steroid dienone is 2. The summed E-state index contributed by atoms with van der Waals surface area (Å²) in [6, 6.07) is 0. The van der Waals surface area contributed by atoms with Gasteiger partial charge in [-0.05, 0) is 30.8 Å². The monoisotopic (exact) mass is 151 g/mol. The average Bonchev–Trinajstić information content (AvgIpc) is 2.05. The summed E-state index contributed by atoms with van der Waals surface area (Å²) in [4.78, 5) is 10.4. The van der Waals surface area contributed by atoms with Crippen molar-refractivity contribution in [3.63, 3.8) is 0 Å². The van der Waals surface area contributed by atoms with E-state index in [1.807, 2.05) is 6.08 Å². The highest BCUT2D eigenvalue weighted by molar-refractivity contribution is 5.84. The molecule has 2 nitrogen and oxygen atoms in total. The second-order valence-electron chi connectivity index (χ2n) is 2.79. The van der Waals surface area contributed by atoms with Crippen LogP contribution in [0.5, 0.6) is 0 Å². The maximum absolute atomic E-state index is 10.4. The number of rotatable bonds is 2. The number of aliphatic carboxylic acids is 1. The van der Waals surface area contributed by atoms with Crippen LogP contribution in [0.4, 0.5) is 0 Å². The van der Waals surface area contributed by atoms with Gasteiger partial charge in [0.2, 0.25) is 0 Å². The molecule has 0 amide bonds. The van der Waals surface area contributed by atoms with E-state index in [-0.39, 0.29) is 11.5 Å². The third-order valence-electron chi connectivity index (χ3n) is 2.02. The van der Waals surface area contributed by atoms with Gasteiger partial charge in [-0.25, -0.2) is 0 Å². The summed E-state index contributed by atoms with van der Waals surface area (Å²) in [5.41, 5.74) is 0.245. The maximum Gasteiger partial charge on any atom is 0.0671 e. The Hall–Kier alpha value is -1.05. The van der Waals surface area contributed by atoms with E-state index in [0.717, 1.165) is 19.3 Å².